The van der Waals surface area contributed by atoms with Gasteiger partial charge in [-0.05, 0) is 24.3 Å². The summed E-state index contributed by atoms with van der Waals surface area (Å²) in [5.41, 5.74) is 0.0608. The number of benzene rings is 1. The van der Waals surface area contributed by atoms with Crippen molar-refractivity contribution in [3.05, 3.63) is 30.3 Å². The minimum Gasteiger partial charge on any atom is -0.479 e. The van der Waals surface area contributed by atoms with Gasteiger partial charge in [-0.1, -0.05) is 25.1 Å². The highest BCUT2D eigenvalue weighted by Crippen LogP contribution is 2.38. The third-order valence-corrected chi connectivity index (χ3v) is 4.42. The lowest BCUT2D eigenvalue weighted by Gasteiger charge is -2.30. The highest BCUT2D eigenvalue weighted by Gasteiger charge is 2.47. The summed E-state index contributed by atoms with van der Waals surface area (Å²) >= 11 is 1.71. The van der Waals surface area contributed by atoms with E-state index in [1.54, 1.807) is 11.8 Å². The van der Waals surface area contributed by atoms with E-state index in [0.717, 1.165) is 11.4 Å². The Bertz CT molecular complexity index is 382. The van der Waals surface area contributed by atoms with Crippen LogP contribution in [-0.4, -0.2) is 27.6 Å². The van der Waals surface area contributed by atoms with Crippen LogP contribution in [0.5, 0.6) is 0 Å². The van der Waals surface area contributed by atoms with Crippen LogP contribution in [0.2, 0.25) is 0 Å². The number of rotatable bonds is 3. The summed E-state index contributed by atoms with van der Waals surface area (Å²) in [6, 6.07) is 9.54. The van der Waals surface area contributed by atoms with E-state index in [9.17, 15) is 9.90 Å². The average Bonchev–Trinajstić information content (AvgIpc) is 2.63. The molecule has 0 bridgehead atoms. The van der Waals surface area contributed by atoms with E-state index in [1.165, 1.54) is 0 Å². The quantitative estimate of drug-likeness (QED) is 0.847. The largest absolute Gasteiger partial charge is 0.479 e. The van der Waals surface area contributed by atoms with E-state index in [0.29, 0.717) is 6.42 Å². The topological polar surface area (TPSA) is 49.3 Å². The third kappa shape index (κ3) is 1.89. The molecule has 1 heterocycles. The van der Waals surface area contributed by atoms with Crippen molar-refractivity contribution in [1.82, 2.24) is 0 Å². The molecule has 0 aromatic heterocycles. The van der Waals surface area contributed by atoms with Crippen molar-refractivity contribution >= 4 is 23.4 Å². The maximum Gasteiger partial charge on any atom is 0.330 e. The Kier molecular flexibility index (Phi) is 3.10. The second kappa shape index (κ2) is 4.37. The maximum atomic E-state index is 11.5. The fraction of sp³-hybridized carbons (Fsp3) is 0.417. The van der Waals surface area contributed by atoms with Crippen LogP contribution in [0.4, 0.5) is 5.69 Å². The molecule has 1 fully saturated rings. The maximum absolute atomic E-state index is 11.5. The van der Waals surface area contributed by atoms with E-state index in [4.69, 9.17) is 0 Å². The number of aliphatic carboxylic acids is 1. The molecule has 2 atom stereocenters. The first-order chi connectivity index (χ1) is 7.65. The Morgan fingerprint density at radius 2 is 2.19 bits per heavy atom. The molecule has 0 radical (unpaired) electrons. The van der Waals surface area contributed by atoms with Gasteiger partial charge in [0.2, 0.25) is 0 Å². The molecule has 16 heavy (non-hydrogen) atoms. The first-order valence-corrected chi connectivity index (χ1v) is 6.38. The van der Waals surface area contributed by atoms with Crippen molar-refractivity contribution in [3.8, 4) is 0 Å². The molecular formula is C12H15NO2S. The summed E-state index contributed by atoms with van der Waals surface area (Å²) in [6.07, 6.45) is 0.670. The van der Waals surface area contributed by atoms with Crippen molar-refractivity contribution in [2.45, 2.75) is 24.1 Å². The molecule has 2 rings (SSSR count). The Hall–Kier alpha value is -1.16. The normalized spacial score (nSPS) is 28.9. The fourth-order valence-corrected chi connectivity index (χ4v) is 3.38. The number of carboxylic acids is 1. The SMILES string of the molecule is CC1SCCC1(Nc1ccccc1)C(=O)O. The predicted molar refractivity (Wildman–Crippen MR) is 67.0 cm³/mol. The number of nitrogens with one attached hydrogen (secondary N) is 1. The van der Waals surface area contributed by atoms with Gasteiger partial charge in [-0.25, -0.2) is 4.79 Å². The molecule has 4 heteroatoms. The molecule has 86 valence electrons. The van der Waals surface area contributed by atoms with Crippen LogP contribution in [0.1, 0.15) is 13.3 Å². The number of anilines is 1. The van der Waals surface area contributed by atoms with Crippen LogP contribution >= 0.6 is 11.8 Å². The van der Waals surface area contributed by atoms with E-state index in [-0.39, 0.29) is 5.25 Å². The van der Waals surface area contributed by atoms with E-state index in [2.05, 4.69) is 5.32 Å². The minimum absolute atomic E-state index is 0.0882. The standard InChI is InChI=1S/C12H15NO2S/c1-9-12(11(14)15,7-8-16-9)13-10-5-3-2-4-6-10/h2-6,9,13H,7-8H2,1H3,(H,14,15). The molecule has 1 aliphatic heterocycles. The van der Waals surface area contributed by atoms with Gasteiger partial charge in [0.15, 0.2) is 0 Å². The number of thioether (sulfide) groups is 1. The molecule has 1 aromatic rings. The fourth-order valence-electron chi connectivity index (χ4n) is 2.02. The van der Waals surface area contributed by atoms with Gasteiger partial charge in [0.25, 0.3) is 0 Å². The molecule has 1 aliphatic rings. The molecule has 3 nitrogen and oxygen atoms in total. The van der Waals surface area contributed by atoms with Crippen molar-refractivity contribution in [2.24, 2.45) is 0 Å². The van der Waals surface area contributed by atoms with Crippen molar-refractivity contribution in [2.75, 3.05) is 11.1 Å². The summed E-state index contributed by atoms with van der Waals surface area (Å²) in [5.74, 6) is 0.140. The highest BCUT2D eigenvalue weighted by atomic mass is 32.2. The highest BCUT2D eigenvalue weighted by molar-refractivity contribution is 8.00. The van der Waals surface area contributed by atoms with Crippen molar-refractivity contribution in [1.29, 1.82) is 0 Å². The summed E-state index contributed by atoms with van der Waals surface area (Å²) in [5, 5.41) is 12.7. The first-order valence-electron chi connectivity index (χ1n) is 5.33. The van der Waals surface area contributed by atoms with Gasteiger partial charge in [-0.15, -0.1) is 0 Å². The summed E-state index contributed by atoms with van der Waals surface area (Å²) in [4.78, 5) is 11.5. The van der Waals surface area contributed by atoms with Crippen molar-refractivity contribution < 1.29 is 9.90 Å². The Balaban J connectivity index is 2.25. The second-order valence-corrected chi connectivity index (χ2v) is 5.48. The van der Waals surface area contributed by atoms with Gasteiger partial charge in [-0.3, -0.25) is 0 Å². The Labute approximate surface area is 99.2 Å². The molecule has 0 spiro atoms. The Morgan fingerprint density at radius 3 is 2.69 bits per heavy atom. The zero-order valence-electron chi connectivity index (χ0n) is 9.14. The van der Waals surface area contributed by atoms with Gasteiger partial charge in [0, 0.05) is 10.9 Å². The number of hydrogen-bond donors (Lipinski definition) is 2. The van der Waals surface area contributed by atoms with Gasteiger partial charge in [0.1, 0.15) is 5.54 Å². The molecule has 2 unspecified atom stereocenters. The molecular weight excluding hydrogens is 222 g/mol. The molecule has 0 aliphatic carbocycles. The third-order valence-electron chi connectivity index (χ3n) is 3.08. The number of carboxylic acid groups (broad SMARTS) is 1. The number of para-hydroxylation sites is 1. The van der Waals surface area contributed by atoms with Gasteiger partial charge in [0.05, 0.1) is 0 Å². The zero-order valence-corrected chi connectivity index (χ0v) is 9.96. The minimum atomic E-state index is -0.813. The second-order valence-electron chi connectivity index (χ2n) is 4.03. The van der Waals surface area contributed by atoms with Crippen molar-refractivity contribution in [3.63, 3.8) is 0 Å². The lowest BCUT2D eigenvalue weighted by molar-refractivity contribution is -0.142. The van der Waals surface area contributed by atoms with Crippen LogP contribution in [0, 0.1) is 0 Å². The average molecular weight is 237 g/mol. The van der Waals surface area contributed by atoms with E-state index < -0.39 is 11.5 Å². The molecule has 0 amide bonds. The lowest BCUT2D eigenvalue weighted by Crippen LogP contribution is -2.50. The summed E-state index contributed by atoms with van der Waals surface area (Å²) in [6.45, 7) is 1.97. The predicted octanol–water partition coefficient (Wildman–Crippen LogP) is 2.45. The van der Waals surface area contributed by atoms with Crippen LogP contribution in [0.25, 0.3) is 0 Å². The van der Waals surface area contributed by atoms with E-state index >= 15 is 0 Å². The van der Waals surface area contributed by atoms with Gasteiger partial charge < -0.3 is 10.4 Å². The Morgan fingerprint density at radius 1 is 1.50 bits per heavy atom. The molecule has 1 saturated heterocycles. The zero-order chi connectivity index (χ0) is 11.6. The van der Waals surface area contributed by atoms with Crippen LogP contribution in [0.3, 0.4) is 0 Å². The van der Waals surface area contributed by atoms with Gasteiger partial charge >= 0.3 is 5.97 Å². The van der Waals surface area contributed by atoms with E-state index in [1.807, 2.05) is 37.3 Å². The lowest BCUT2D eigenvalue weighted by atomic mass is 9.92. The number of hydrogen-bond acceptors (Lipinski definition) is 3. The summed E-state index contributed by atoms with van der Waals surface area (Å²) < 4.78 is 0. The van der Waals surface area contributed by atoms with Gasteiger partial charge in [-0.2, -0.15) is 11.8 Å². The molecule has 1 aromatic carbocycles. The van der Waals surface area contributed by atoms with Crippen LogP contribution < -0.4 is 5.32 Å². The van der Waals surface area contributed by atoms with Crippen LogP contribution in [-0.2, 0) is 4.79 Å². The smallest absolute Gasteiger partial charge is 0.330 e. The molecule has 2 N–H and O–H groups in total. The number of carbonyl (C=O) groups is 1. The summed E-state index contributed by atoms with van der Waals surface area (Å²) in [7, 11) is 0. The molecule has 0 saturated carbocycles. The first kappa shape index (κ1) is 11.3. The van der Waals surface area contributed by atoms with Crippen LogP contribution in [0.15, 0.2) is 30.3 Å². The monoisotopic (exact) mass is 237 g/mol.